The van der Waals surface area contributed by atoms with Gasteiger partial charge in [-0.1, -0.05) is 19.9 Å². The highest BCUT2D eigenvalue weighted by molar-refractivity contribution is 4.97. The van der Waals surface area contributed by atoms with Crippen molar-refractivity contribution in [1.29, 1.82) is 0 Å². The van der Waals surface area contributed by atoms with E-state index >= 15 is 0 Å². The van der Waals surface area contributed by atoms with Crippen LogP contribution in [0.5, 0.6) is 0 Å². The van der Waals surface area contributed by atoms with Crippen molar-refractivity contribution in [1.82, 2.24) is 10.2 Å². The van der Waals surface area contributed by atoms with E-state index in [4.69, 9.17) is 5.11 Å². The summed E-state index contributed by atoms with van der Waals surface area (Å²) in [6.07, 6.45) is 4.38. The average molecular weight is 200 g/mol. The van der Waals surface area contributed by atoms with Gasteiger partial charge in [-0.2, -0.15) is 0 Å². The van der Waals surface area contributed by atoms with Crippen LogP contribution in [0.2, 0.25) is 0 Å². The molecular formula is C11H24N2O. The number of aliphatic hydroxyl groups is 1. The lowest BCUT2D eigenvalue weighted by Crippen LogP contribution is -2.30. The fourth-order valence-corrected chi connectivity index (χ4v) is 1.28. The maximum atomic E-state index is 8.70. The Morgan fingerprint density at radius 2 is 2.07 bits per heavy atom. The van der Waals surface area contributed by atoms with Gasteiger partial charge >= 0.3 is 0 Å². The summed E-state index contributed by atoms with van der Waals surface area (Å²) in [6.45, 7) is 7.22. The summed E-state index contributed by atoms with van der Waals surface area (Å²) in [5.41, 5.74) is 1.32. The summed E-state index contributed by atoms with van der Waals surface area (Å²) < 4.78 is 0. The van der Waals surface area contributed by atoms with Gasteiger partial charge in [-0.3, -0.25) is 0 Å². The topological polar surface area (TPSA) is 35.5 Å². The van der Waals surface area contributed by atoms with E-state index in [0.29, 0.717) is 0 Å². The summed E-state index contributed by atoms with van der Waals surface area (Å²) in [6, 6.07) is 0. The van der Waals surface area contributed by atoms with Gasteiger partial charge in [0.15, 0.2) is 0 Å². The zero-order valence-electron chi connectivity index (χ0n) is 9.71. The highest BCUT2D eigenvalue weighted by Gasteiger charge is 1.96. The fraction of sp³-hybridized carbons (Fsp3) is 0.818. The van der Waals surface area contributed by atoms with E-state index in [1.54, 1.807) is 0 Å². The zero-order chi connectivity index (χ0) is 10.8. The van der Waals surface area contributed by atoms with Crippen molar-refractivity contribution in [3.05, 3.63) is 11.8 Å². The number of rotatable bonds is 8. The summed E-state index contributed by atoms with van der Waals surface area (Å²) >= 11 is 0. The van der Waals surface area contributed by atoms with E-state index in [2.05, 4.69) is 30.1 Å². The number of allylic oxidation sites excluding steroid dienone is 2. The molecule has 0 aromatic carbocycles. The molecule has 0 rings (SSSR count). The third-order valence-electron chi connectivity index (χ3n) is 2.16. The van der Waals surface area contributed by atoms with Gasteiger partial charge in [0.1, 0.15) is 0 Å². The molecule has 0 fully saturated rings. The second-order valence-corrected chi connectivity index (χ2v) is 3.44. The van der Waals surface area contributed by atoms with Crippen molar-refractivity contribution >= 4 is 0 Å². The molecule has 0 aromatic rings. The Morgan fingerprint density at radius 1 is 1.36 bits per heavy atom. The van der Waals surface area contributed by atoms with E-state index < -0.39 is 0 Å². The molecule has 0 heterocycles. The lowest BCUT2D eigenvalue weighted by atomic mass is 10.3. The molecule has 0 unspecified atom stereocenters. The van der Waals surface area contributed by atoms with Crippen LogP contribution in [0.1, 0.15) is 26.7 Å². The zero-order valence-corrected chi connectivity index (χ0v) is 9.71. The standard InChI is InChI=1S/C11H24N2O/c1-4-6-11(5-2)12-7-8-13(3)9-10-14/h6,12,14H,4-5,7-10H2,1-3H3/b11-6+. The third-order valence-corrected chi connectivity index (χ3v) is 2.16. The van der Waals surface area contributed by atoms with Crippen molar-refractivity contribution in [3.63, 3.8) is 0 Å². The van der Waals surface area contributed by atoms with Crippen molar-refractivity contribution in [2.75, 3.05) is 33.3 Å². The van der Waals surface area contributed by atoms with Crippen LogP contribution in [0, 0.1) is 0 Å². The van der Waals surface area contributed by atoms with Crippen LogP contribution in [0.25, 0.3) is 0 Å². The van der Waals surface area contributed by atoms with E-state index in [9.17, 15) is 0 Å². The largest absolute Gasteiger partial charge is 0.395 e. The normalized spacial score (nSPS) is 12.2. The lowest BCUT2D eigenvalue weighted by Gasteiger charge is -2.16. The predicted molar refractivity (Wildman–Crippen MR) is 61.3 cm³/mol. The van der Waals surface area contributed by atoms with E-state index in [1.807, 2.05) is 7.05 Å². The first kappa shape index (κ1) is 13.5. The number of nitrogens with one attached hydrogen (secondary N) is 1. The smallest absolute Gasteiger partial charge is 0.0558 e. The van der Waals surface area contributed by atoms with Crippen LogP contribution in [0.15, 0.2) is 11.8 Å². The molecule has 0 atom stereocenters. The molecule has 3 nitrogen and oxygen atoms in total. The maximum Gasteiger partial charge on any atom is 0.0558 e. The van der Waals surface area contributed by atoms with Gasteiger partial charge < -0.3 is 15.3 Å². The van der Waals surface area contributed by atoms with Crippen LogP contribution in [-0.4, -0.2) is 43.3 Å². The Hall–Kier alpha value is -0.540. The van der Waals surface area contributed by atoms with Crippen molar-refractivity contribution in [2.45, 2.75) is 26.7 Å². The van der Waals surface area contributed by atoms with E-state index in [-0.39, 0.29) is 6.61 Å². The maximum absolute atomic E-state index is 8.70. The minimum Gasteiger partial charge on any atom is -0.395 e. The van der Waals surface area contributed by atoms with E-state index in [1.165, 1.54) is 5.70 Å². The summed E-state index contributed by atoms with van der Waals surface area (Å²) in [5.74, 6) is 0. The Kier molecular flexibility index (Phi) is 8.68. The second-order valence-electron chi connectivity index (χ2n) is 3.44. The molecule has 84 valence electrons. The highest BCUT2D eigenvalue weighted by Crippen LogP contribution is 1.96. The molecule has 0 aliphatic carbocycles. The van der Waals surface area contributed by atoms with Gasteiger partial charge in [-0.05, 0) is 19.9 Å². The van der Waals surface area contributed by atoms with Crippen LogP contribution in [0.4, 0.5) is 0 Å². The van der Waals surface area contributed by atoms with Crippen LogP contribution >= 0.6 is 0 Å². The van der Waals surface area contributed by atoms with Gasteiger partial charge in [0.05, 0.1) is 6.61 Å². The number of hydrogen-bond donors (Lipinski definition) is 2. The van der Waals surface area contributed by atoms with Gasteiger partial charge in [0, 0.05) is 25.3 Å². The van der Waals surface area contributed by atoms with Crippen LogP contribution in [0.3, 0.4) is 0 Å². The fourth-order valence-electron chi connectivity index (χ4n) is 1.28. The first-order valence-corrected chi connectivity index (χ1v) is 5.46. The van der Waals surface area contributed by atoms with Gasteiger partial charge in [-0.15, -0.1) is 0 Å². The highest BCUT2D eigenvalue weighted by atomic mass is 16.3. The summed E-state index contributed by atoms with van der Waals surface area (Å²) in [4.78, 5) is 2.12. The first-order chi connectivity index (χ1) is 6.74. The number of aliphatic hydroxyl groups excluding tert-OH is 1. The third kappa shape index (κ3) is 6.92. The Bertz CT molecular complexity index is 157. The second kappa shape index (κ2) is 9.03. The predicted octanol–water partition coefficient (Wildman–Crippen LogP) is 1.20. The minimum atomic E-state index is 0.238. The van der Waals surface area contributed by atoms with Crippen molar-refractivity contribution in [3.8, 4) is 0 Å². The van der Waals surface area contributed by atoms with Gasteiger partial charge in [0.2, 0.25) is 0 Å². The molecule has 0 spiro atoms. The van der Waals surface area contributed by atoms with Crippen LogP contribution < -0.4 is 5.32 Å². The number of nitrogens with zero attached hydrogens (tertiary/aromatic N) is 1. The molecule has 14 heavy (non-hydrogen) atoms. The number of hydrogen-bond acceptors (Lipinski definition) is 3. The van der Waals surface area contributed by atoms with Gasteiger partial charge in [0.25, 0.3) is 0 Å². The molecule has 0 amide bonds. The van der Waals surface area contributed by atoms with Crippen LogP contribution in [-0.2, 0) is 0 Å². The monoisotopic (exact) mass is 200 g/mol. The molecule has 0 aromatic heterocycles. The van der Waals surface area contributed by atoms with Crippen molar-refractivity contribution in [2.24, 2.45) is 0 Å². The Labute approximate surface area is 87.8 Å². The Morgan fingerprint density at radius 3 is 2.57 bits per heavy atom. The van der Waals surface area contributed by atoms with Gasteiger partial charge in [-0.25, -0.2) is 0 Å². The molecule has 2 N–H and O–H groups in total. The quantitative estimate of drug-likeness (QED) is 0.618. The van der Waals surface area contributed by atoms with E-state index in [0.717, 1.165) is 32.5 Å². The van der Waals surface area contributed by atoms with Crippen molar-refractivity contribution < 1.29 is 5.11 Å². The average Bonchev–Trinajstić information content (AvgIpc) is 2.17. The molecule has 0 aliphatic heterocycles. The minimum absolute atomic E-state index is 0.238. The molecule has 0 saturated carbocycles. The molecule has 0 saturated heterocycles. The molecule has 0 aliphatic rings. The summed E-state index contributed by atoms with van der Waals surface area (Å²) in [7, 11) is 2.02. The SMILES string of the molecule is CC/C=C(\CC)NCCN(C)CCO. The first-order valence-electron chi connectivity index (χ1n) is 5.46. The molecular weight excluding hydrogens is 176 g/mol. The molecule has 0 bridgehead atoms. The molecule has 3 heteroatoms. The summed E-state index contributed by atoms with van der Waals surface area (Å²) in [5, 5.41) is 12.1. The molecule has 0 radical (unpaired) electrons. The lowest BCUT2D eigenvalue weighted by molar-refractivity contribution is 0.222. The Balaban J connectivity index is 3.55. The number of likely N-dealkylation sites (N-methyl/N-ethyl adjacent to an activating group) is 1.